The van der Waals surface area contributed by atoms with E-state index in [1.807, 2.05) is 12.1 Å². The third-order valence-corrected chi connectivity index (χ3v) is 5.95. The lowest BCUT2D eigenvalue weighted by atomic mass is 10.4. The Kier molecular flexibility index (Phi) is 6.44. The van der Waals surface area contributed by atoms with E-state index in [1.54, 1.807) is 6.07 Å². The fraction of sp³-hybridized carbons (Fsp3) is 0.300. The number of carbonyl (C=O) groups is 1. The largest absolute Gasteiger partial charge is 0.479 e. The van der Waals surface area contributed by atoms with Crippen LogP contribution in [0.3, 0.4) is 0 Å². The van der Waals surface area contributed by atoms with Crippen LogP contribution in [-0.2, 0) is 0 Å². The van der Waals surface area contributed by atoms with Crippen LogP contribution in [0.1, 0.15) is 10.6 Å². The van der Waals surface area contributed by atoms with Crippen LogP contribution >= 0.6 is 0 Å². The molecule has 10 nitrogen and oxygen atoms in total. The first-order valence-electron chi connectivity index (χ1n) is 9.35. The Balaban J connectivity index is 1.79. The summed E-state index contributed by atoms with van der Waals surface area (Å²) >= 11 is 0. The molecule has 11 heteroatoms. The van der Waals surface area contributed by atoms with Crippen molar-refractivity contribution in [2.75, 3.05) is 26.6 Å². The van der Waals surface area contributed by atoms with E-state index in [9.17, 15) is 4.79 Å². The van der Waals surface area contributed by atoms with Crippen molar-refractivity contribution in [1.82, 2.24) is 15.0 Å². The maximum atomic E-state index is 12.7. The number of amides is 1. The minimum absolute atomic E-state index is 0.0104. The topological polar surface area (TPSA) is 118 Å². The monoisotopic (exact) mass is 444 g/mol. The minimum atomic E-state index is -1.59. The SMILES string of the molecule is COc1nc(OC)c(NC(=O)c2ccc(Oc3cccc([Si](C)(C)C)n3)o2)c(OC)n1. The molecule has 0 radical (unpaired) electrons. The second-order valence-corrected chi connectivity index (χ2v) is 12.4. The Hall–Kier alpha value is -3.60. The second-order valence-electron chi connectivity index (χ2n) is 7.39. The van der Waals surface area contributed by atoms with Crippen molar-refractivity contribution in [1.29, 1.82) is 0 Å². The summed E-state index contributed by atoms with van der Waals surface area (Å²) in [5.41, 5.74) is 0.138. The first-order chi connectivity index (χ1) is 14.7. The number of anilines is 1. The molecule has 0 saturated heterocycles. The zero-order chi connectivity index (χ0) is 22.6. The van der Waals surface area contributed by atoms with Gasteiger partial charge < -0.3 is 28.7 Å². The Morgan fingerprint density at radius 3 is 2.19 bits per heavy atom. The number of aromatic nitrogens is 3. The number of methoxy groups -OCH3 is 3. The van der Waals surface area contributed by atoms with Crippen molar-refractivity contribution in [2.45, 2.75) is 19.6 Å². The fourth-order valence-electron chi connectivity index (χ4n) is 2.56. The van der Waals surface area contributed by atoms with E-state index in [-0.39, 0.29) is 35.2 Å². The molecule has 0 aliphatic heterocycles. The third-order valence-electron chi connectivity index (χ3n) is 4.13. The molecule has 1 N–H and O–H groups in total. The zero-order valence-corrected chi connectivity index (χ0v) is 19.2. The standard InChI is InChI=1S/C20H24N4O6Si/c1-26-18-16(19(27-2)24-20(23-18)28-3)22-17(25)12-10-11-15(29-12)30-13-8-7-9-14(21-13)31(4,5)6/h7-11H,1-6H3,(H,22,25). The van der Waals surface area contributed by atoms with E-state index in [0.29, 0.717) is 5.88 Å². The second kappa shape index (κ2) is 9.04. The number of pyridine rings is 1. The maximum Gasteiger partial charge on any atom is 0.322 e. The summed E-state index contributed by atoms with van der Waals surface area (Å²) in [4.78, 5) is 25.3. The molecule has 0 bridgehead atoms. The Morgan fingerprint density at radius 2 is 1.61 bits per heavy atom. The highest BCUT2D eigenvalue weighted by molar-refractivity contribution is 6.88. The lowest BCUT2D eigenvalue weighted by molar-refractivity contribution is 0.0990. The number of nitrogens with one attached hydrogen (secondary N) is 1. The molecule has 3 aromatic rings. The minimum Gasteiger partial charge on any atom is -0.479 e. The van der Waals surface area contributed by atoms with Crippen LogP contribution < -0.4 is 29.6 Å². The molecule has 3 aromatic heterocycles. The van der Waals surface area contributed by atoms with E-state index in [2.05, 4.69) is 39.9 Å². The van der Waals surface area contributed by atoms with E-state index >= 15 is 0 Å². The van der Waals surface area contributed by atoms with Gasteiger partial charge in [0.15, 0.2) is 11.4 Å². The van der Waals surface area contributed by atoms with Crippen molar-refractivity contribution in [3.05, 3.63) is 36.1 Å². The van der Waals surface area contributed by atoms with E-state index < -0.39 is 14.0 Å². The molecule has 1 amide bonds. The smallest absolute Gasteiger partial charge is 0.322 e. The number of carbonyl (C=O) groups excluding carboxylic acids is 1. The van der Waals surface area contributed by atoms with Crippen LogP contribution in [-0.4, -0.2) is 50.3 Å². The van der Waals surface area contributed by atoms with Gasteiger partial charge in [0.1, 0.15) is 8.07 Å². The Morgan fingerprint density at radius 1 is 0.935 bits per heavy atom. The van der Waals surface area contributed by atoms with Crippen LogP contribution in [0.4, 0.5) is 5.69 Å². The fourth-order valence-corrected chi connectivity index (χ4v) is 3.60. The lowest BCUT2D eigenvalue weighted by Gasteiger charge is -2.15. The molecule has 0 unspecified atom stereocenters. The normalized spacial score (nSPS) is 11.0. The van der Waals surface area contributed by atoms with Gasteiger partial charge in [-0.2, -0.15) is 9.97 Å². The number of rotatable bonds is 8. The first-order valence-corrected chi connectivity index (χ1v) is 12.9. The molecule has 3 rings (SSSR count). The summed E-state index contributed by atoms with van der Waals surface area (Å²) in [5, 5.41) is 3.63. The van der Waals surface area contributed by atoms with Gasteiger partial charge in [0.05, 0.1) is 21.3 Å². The molecule has 0 aliphatic carbocycles. The van der Waals surface area contributed by atoms with Gasteiger partial charge in [-0.3, -0.25) is 4.79 Å². The van der Waals surface area contributed by atoms with Gasteiger partial charge in [-0.05, 0) is 12.1 Å². The molecule has 0 aliphatic rings. The summed E-state index contributed by atoms with van der Waals surface area (Å²) in [6.07, 6.45) is 0. The number of nitrogens with zero attached hydrogens (tertiary/aromatic N) is 3. The highest BCUT2D eigenvalue weighted by Gasteiger charge is 2.22. The van der Waals surface area contributed by atoms with Crippen LogP contribution in [0.5, 0.6) is 29.6 Å². The van der Waals surface area contributed by atoms with Crippen molar-refractivity contribution >= 4 is 25.0 Å². The summed E-state index contributed by atoms with van der Waals surface area (Å²) < 4.78 is 26.6. The molecule has 0 aromatic carbocycles. The molecular formula is C20H24N4O6Si. The quantitative estimate of drug-likeness (QED) is 0.523. The van der Waals surface area contributed by atoms with Crippen LogP contribution in [0.25, 0.3) is 0 Å². The summed E-state index contributed by atoms with van der Waals surface area (Å²) in [7, 11) is 2.61. The highest BCUT2D eigenvalue weighted by atomic mass is 28.3. The molecule has 0 fully saturated rings. The molecular weight excluding hydrogens is 420 g/mol. The Labute approximate surface area is 180 Å². The number of furan rings is 1. The van der Waals surface area contributed by atoms with Gasteiger partial charge in [0, 0.05) is 17.4 Å². The number of hydrogen-bond acceptors (Lipinski definition) is 9. The molecule has 0 spiro atoms. The van der Waals surface area contributed by atoms with E-state index in [1.165, 1.54) is 33.5 Å². The first kappa shape index (κ1) is 22.1. The van der Waals surface area contributed by atoms with Gasteiger partial charge in [-0.1, -0.05) is 25.7 Å². The Bertz CT molecular complexity index is 1050. The van der Waals surface area contributed by atoms with Crippen LogP contribution in [0.15, 0.2) is 34.7 Å². The van der Waals surface area contributed by atoms with Crippen molar-refractivity contribution in [3.8, 4) is 29.6 Å². The van der Waals surface area contributed by atoms with Gasteiger partial charge in [-0.25, -0.2) is 4.98 Å². The van der Waals surface area contributed by atoms with Crippen LogP contribution in [0, 0.1) is 0 Å². The molecule has 3 heterocycles. The van der Waals surface area contributed by atoms with Gasteiger partial charge in [-0.15, -0.1) is 0 Å². The predicted molar refractivity (Wildman–Crippen MR) is 116 cm³/mol. The van der Waals surface area contributed by atoms with Gasteiger partial charge in [0.25, 0.3) is 11.9 Å². The summed E-state index contributed by atoms with van der Waals surface area (Å²) in [6.45, 7) is 6.58. The van der Waals surface area contributed by atoms with Crippen molar-refractivity contribution < 1.29 is 28.2 Å². The van der Waals surface area contributed by atoms with E-state index in [0.717, 1.165) is 5.32 Å². The zero-order valence-electron chi connectivity index (χ0n) is 18.2. The molecule has 164 valence electrons. The van der Waals surface area contributed by atoms with E-state index in [4.69, 9.17) is 23.4 Å². The molecule has 31 heavy (non-hydrogen) atoms. The average Bonchev–Trinajstić information content (AvgIpc) is 3.21. The maximum absolute atomic E-state index is 12.7. The van der Waals surface area contributed by atoms with Gasteiger partial charge >= 0.3 is 6.01 Å². The molecule has 0 saturated carbocycles. The predicted octanol–water partition coefficient (Wildman–Crippen LogP) is 3.08. The van der Waals surface area contributed by atoms with Crippen molar-refractivity contribution in [3.63, 3.8) is 0 Å². The van der Waals surface area contributed by atoms with Crippen LogP contribution in [0.2, 0.25) is 19.6 Å². The van der Waals surface area contributed by atoms with Crippen molar-refractivity contribution in [2.24, 2.45) is 0 Å². The summed E-state index contributed by atoms with van der Waals surface area (Å²) in [5.74, 6) is 0.128. The third kappa shape index (κ3) is 5.12. The lowest BCUT2D eigenvalue weighted by Crippen LogP contribution is -2.39. The average molecular weight is 445 g/mol. The summed E-state index contributed by atoms with van der Waals surface area (Å²) in [6, 6.07) is 8.66. The number of ether oxygens (including phenoxy) is 4. The van der Waals surface area contributed by atoms with Gasteiger partial charge in [0.2, 0.25) is 17.6 Å². The number of hydrogen-bond donors (Lipinski definition) is 1. The molecule has 0 atom stereocenters. The highest BCUT2D eigenvalue weighted by Crippen LogP contribution is 2.33.